The average Bonchev–Trinajstić information content (AvgIpc) is 3.07. The number of benzene rings is 1. The predicted octanol–water partition coefficient (Wildman–Crippen LogP) is 2.69. The number of carbonyl (C=O) groups excluding carboxylic acids is 1. The fourth-order valence-electron chi connectivity index (χ4n) is 4.45. The van der Waals surface area contributed by atoms with Crippen molar-refractivity contribution in [2.24, 2.45) is 0 Å². The summed E-state index contributed by atoms with van der Waals surface area (Å²) in [4.78, 5) is 25.9. The van der Waals surface area contributed by atoms with Crippen LogP contribution in [-0.4, -0.2) is 47.1 Å². The van der Waals surface area contributed by atoms with E-state index < -0.39 is 11.4 Å². The molecule has 3 rings (SSSR count). The van der Waals surface area contributed by atoms with Gasteiger partial charge in [-0.15, -0.1) is 0 Å². The van der Waals surface area contributed by atoms with Crippen LogP contribution in [0.3, 0.4) is 0 Å². The summed E-state index contributed by atoms with van der Waals surface area (Å²) in [6, 6.07) is 6.82. The number of hydrogen-bond acceptors (Lipinski definition) is 3. The van der Waals surface area contributed by atoms with Gasteiger partial charge in [-0.05, 0) is 38.3 Å². The van der Waals surface area contributed by atoms with Crippen LogP contribution in [0.2, 0.25) is 0 Å². The summed E-state index contributed by atoms with van der Waals surface area (Å²) in [7, 11) is 0. The van der Waals surface area contributed by atoms with E-state index in [0.29, 0.717) is 24.9 Å². The van der Waals surface area contributed by atoms with Gasteiger partial charge in [0, 0.05) is 17.6 Å². The smallest absolute Gasteiger partial charge is 0.317 e. The molecule has 0 bridgehead atoms. The minimum absolute atomic E-state index is 0.0288. The number of hydrogen-bond donors (Lipinski definition) is 2. The maximum absolute atomic E-state index is 14.4. The number of nitrogens with zero attached hydrogens (tertiary/aromatic N) is 1. The average molecular weight is 362 g/mol. The zero-order valence-corrected chi connectivity index (χ0v) is 15.2. The van der Waals surface area contributed by atoms with Gasteiger partial charge in [0.1, 0.15) is 5.82 Å². The van der Waals surface area contributed by atoms with Gasteiger partial charge in [0.2, 0.25) is 5.91 Å². The summed E-state index contributed by atoms with van der Waals surface area (Å²) < 4.78 is 14.4. The largest absolute Gasteiger partial charge is 0.480 e. The first-order valence-electron chi connectivity index (χ1n) is 9.48. The second-order valence-electron chi connectivity index (χ2n) is 7.52. The van der Waals surface area contributed by atoms with Gasteiger partial charge in [-0.25, -0.2) is 4.39 Å². The highest BCUT2D eigenvalue weighted by Crippen LogP contribution is 2.43. The Morgan fingerprint density at radius 2 is 1.92 bits per heavy atom. The topological polar surface area (TPSA) is 69.6 Å². The third kappa shape index (κ3) is 3.61. The minimum Gasteiger partial charge on any atom is -0.480 e. The maximum atomic E-state index is 14.4. The molecule has 0 atom stereocenters. The molecule has 142 valence electrons. The summed E-state index contributed by atoms with van der Waals surface area (Å²) in [6.07, 6.45) is 4.71. The van der Waals surface area contributed by atoms with Crippen molar-refractivity contribution in [3.63, 3.8) is 0 Å². The van der Waals surface area contributed by atoms with Gasteiger partial charge in [0.25, 0.3) is 0 Å². The molecule has 0 spiro atoms. The molecule has 26 heavy (non-hydrogen) atoms. The Balaban J connectivity index is 1.64. The summed E-state index contributed by atoms with van der Waals surface area (Å²) in [5, 5.41) is 12.1. The Kier molecular flexibility index (Phi) is 5.61. The van der Waals surface area contributed by atoms with Crippen molar-refractivity contribution >= 4 is 11.9 Å². The lowest BCUT2D eigenvalue weighted by atomic mass is 9.76. The van der Waals surface area contributed by atoms with E-state index in [1.165, 1.54) is 6.07 Å². The van der Waals surface area contributed by atoms with Crippen LogP contribution in [-0.2, 0) is 15.0 Å². The van der Waals surface area contributed by atoms with E-state index in [2.05, 4.69) is 5.32 Å². The first-order chi connectivity index (χ1) is 12.5. The molecule has 0 radical (unpaired) electrons. The van der Waals surface area contributed by atoms with Crippen molar-refractivity contribution in [2.75, 3.05) is 13.1 Å². The highest BCUT2D eigenvalue weighted by Gasteiger charge is 2.46. The number of amides is 1. The van der Waals surface area contributed by atoms with E-state index in [9.17, 15) is 14.0 Å². The van der Waals surface area contributed by atoms with Crippen molar-refractivity contribution in [3.05, 3.63) is 35.6 Å². The fourth-order valence-corrected chi connectivity index (χ4v) is 4.45. The summed E-state index contributed by atoms with van der Waals surface area (Å²) in [5.74, 6) is -1.22. The van der Waals surface area contributed by atoms with Gasteiger partial charge in [0.15, 0.2) is 0 Å². The molecule has 0 heterocycles. The number of carbonyl (C=O) groups is 2. The zero-order chi connectivity index (χ0) is 18.7. The lowest BCUT2D eigenvalue weighted by Crippen LogP contribution is -2.57. The van der Waals surface area contributed by atoms with Crippen LogP contribution >= 0.6 is 0 Å². The molecule has 2 fully saturated rings. The molecule has 1 aromatic carbocycles. The number of nitrogens with one attached hydrogen (secondary N) is 1. The predicted molar refractivity (Wildman–Crippen MR) is 96.4 cm³/mol. The van der Waals surface area contributed by atoms with Crippen molar-refractivity contribution < 1.29 is 19.1 Å². The molecular formula is C20H27FN2O3. The first kappa shape index (κ1) is 18.8. The van der Waals surface area contributed by atoms with Gasteiger partial charge in [0.05, 0.1) is 12.0 Å². The van der Waals surface area contributed by atoms with E-state index in [1.54, 1.807) is 18.2 Å². The molecule has 0 saturated heterocycles. The Bertz CT molecular complexity index is 667. The van der Waals surface area contributed by atoms with Crippen LogP contribution in [0.4, 0.5) is 4.39 Å². The van der Waals surface area contributed by atoms with E-state index in [1.807, 2.05) is 11.8 Å². The SMILES string of the molecule is CCN(CC(=O)O)C1CC(NC(=O)C2(c3ccccc3F)CCCC2)C1. The molecule has 0 aromatic heterocycles. The number of carboxylic acids is 1. The molecule has 1 amide bonds. The standard InChI is InChI=1S/C20H27FN2O3/c1-2-23(13-18(24)25)15-11-14(12-15)22-19(26)20(9-5-6-10-20)16-7-3-4-8-17(16)21/h3-4,7-8,14-15H,2,5-6,9-13H2,1H3,(H,22,26)(H,24,25). The van der Waals surface area contributed by atoms with Crippen LogP contribution in [0.5, 0.6) is 0 Å². The fraction of sp³-hybridized carbons (Fsp3) is 0.600. The van der Waals surface area contributed by atoms with E-state index in [0.717, 1.165) is 25.7 Å². The van der Waals surface area contributed by atoms with E-state index in [-0.39, 0.29) is 30.4 Å². The van der Waals surface area contributed by atoms with Crippen molar-refractivity contribution in [3.8, 4) is 0 Å². The van der Waals surface area contributed by atoms with Gasteiger partial charge < -0.3 is 10.4 Å². The summed E-state index contributed by atoms with van der Waals surface area (Å²) in [5.41, 5.74) is -0.256. The summed E-state index contributed by atoms with van der Waals surface area (Å²) >= 11 is 0. The second-order valence-corrected chi connectivity index (χ2v) is 7.52. The lowest BCUT2D eigenvalue weighted by Gasteiger charge is -2.43. The Morgan fingerprint density at radius 3 is 2.50 bits per heavy atom. The Labute approximate surface area is 153 Å². The van der Waals surface area contributed by atoms with Crippen LogP contribution in [0.15, 0.2) is 24.3 Å². The molecule has 2 aliphatic rings. The number of likely N-dealkylation sites (N-methyl/N-ethyl adjacent to an activating group) is 1. The first-order valence-corrected chi connectivity index (χ1v) is 9.48. The normalized spacial score (nSPS) is 24.3. The highest BCUT2D eigenvalue weighted by atomic mass is 19.1. The monoisotopic (exact) mass is 362 g/mol. The molecule has 1 aromatic rings. The highest BCUT2D eigenvalue weighted by molar-refractivity contribution is 5.89. The maximum Gasteiger partial charge on any atom is 0.317 e. The Hall–Kier alpha value is -1.95. The Morgan fingerprint density at radius 1 is 1.27 bits per heavy atom. The van der Waals surface area contributed by atoms with Crippen LogP contribution in [0.1, 0.15) is 51.0 Å². The third-order valence-electron chi connectivity index (χ3n) is 5.99. The van der Waals surface area contributed by atoms with E-state index >= 15 is 0 Å². The third-order valence-corrected chi connectivity index (χ3v) is 5.99. The molecule has 2 N–H and O–H groups in total. The van der Waals surface area contributed by atoms with Crippen molar-refractivity contribution in [1.29, 1.82) is 0 Å². The van der Waals surface area contributed by atoms with Gasteiger partial charge in [-0.1, -0.05) is 38.0 Å². The zero-order valence-electron chi connectivity index (χ0n) is 15.2. The molecule has 2 saturated carbocycles. The van der Waals surface area contributed by atoms with Crippen LogP contribution in [0.25, 0.3) is 0 Å². The minimum atomic E-state index is -0.830. The van der Waals surface area contributed by atoms with Crippen LogP contribution in [0, 0.1) is 5.82 Å². The lowest BCUT2D eigenvalue weighted by molar-refractivity contribution is -0.140. The van der Waals surface area contributed by atoms with E-state index in [4.69, 9.17) is 5.11 Å². The van der Waals surface area contributed by atoms with Crippen molar-refractivity contribution in [2.45, 2.75) is 62.9 Å². The molecule has 2 aliphatic carbocycles. The molecular weight excluding hydrogens is 335 g/mol. The van der Waals surface area contributed by atoms with Crippen LogP contribution < -0.4 is 5.32 Å². The van der Waals surface area contributed by atoms with Gasteiger partial charge in [-0.2, -0.15) is 0 Å². The number of halogens is 1. The second kappa shape index (κ2) is 7.74. The summed E-state index contributed by atoms with van der Waals surface area (Å²) in [6.45, 7) is 2.65. The quantitative estimate of drug-likeness (QED) is 0.782. The molecule has 0 aliphatic heterocycles. The number of carboxylic acid groups (broad SMARTS) is 1. The molecule has 6 heteroatoms. The van der Waals surface area contributed by atoms with Gasteiger partial charge in [-0.3, -0.25) is 14.5 Å². The molecule has 5 nitrogen and oxygen atoms in total. The van der Waals surface area contributed by atoms with Gasteiger partial charge >= 0.3 is 5.97 Å². The number of aliphatic carboxylic acids is 1. The van der Waals surface area contributed by atoms with Crippen molar-refractivity contribution in [1.82, 2.24) is 10.2 Å². The molecule has 0 unspecified atom stereocenters. The number of rotatable bonds is 7.